The SMILES string of the molecule is Cc1noc(C)c1S(=O)(=O)NC(C)(CBr)c1ccccc1. The van der Waals surface area contributed by atoms with Gasteiger partial charge in [-0.3, -0.25) is 0 Å². The van der Waals surface area contributed by atoms with Gasteiger partial charge in [0, 0.05) is 5.33 Å². The molecule has 5 nitrogen and oxygen atoms in total. The van der Waals surface area contributed by atoms with Crippen LogP contribution >= 0.6 is 15.9 Å². The van der Waals surface area contributed by atoms with E-state index in [9.17, 15) is 8.42 Å². The molecule has 0 aliphatic heterocycles. The number of nitrogens with one attached hydrogen (secondary N) is 1. The Morgan fingerprint density at radius 3 is 2.38 bits per heavy atom. The first kappa shape index (κ1) is 16.2. The van der Waals surface area contributed by atoms with Crippen LogP contribution in [0.3, 0.4) is 0 Å². The van der Waals surface area contributed by atoms with Gasteiger partial charge in [-0.05, 0) is 26.3 Å². The van der Waals surface area contributed by atoms with Crippen LogP contribution in [0.15, 0.2) is 39.8 Å². The van der Waals surface area contributed by atoms with Crippen molar-refractivity contribution in [1.29, 1.82) is 0 Å². The lowest BCUT2D eigenvalue weighted by Crippen LogP contribution is -2.45. The molecule has 0 amide bonds. The highest BCUT2D eigenvalue weighted by atomic mass is 79.9. The molecule has 0 saturated heterocycles. The van der Waals surface area contributed by atoms with Crippen molar-refractivity contribution in [2.45, 2.75) is 31.2 Å². The van der Waals surface area contributed by atoms with Gasteiger partial charge in [0.25, 0.3) is 0 Å². The summed E-state index contributed by atoms with van der Waals surface area (Å²) in [5.74, 6) is 0.282. The number of sulfonamides is 1. The number of hydrogen-bond donors (Lipinski definition) is 1. The average Bonchev–Trinajstić information content (AvgIpc) is 2.79. The molecule has 0 fully saturated rings. The Kier molecular flexibility index (Phi) is 4.55. The van der Waals surface area contributed by atoms with Crippen LogP contribution < -0.4 is 4.72 Å². The maximum atomic E-state index is 12.7. The van der Waals surface area contributed by atoms with E-state index in [2.05, 4.69) is 25.8 Å². The molecule has 0 aliphatic carbocycles. The fourth-order valence-corrected chi connectivity index (χ4v) is 4.55. The predicted molar refractivity (Wildman–Crippen MR) is 83.9 cm³/mol. The summed E-state index contributed by atoms with van der Waals surface area (Å²) in [4.78, 5) is 0.102. The van der Waals surface area contributed by atoms with Crippen molar-refractivity contribution in [3.05, 3.63) is 47.3 Å². The first-order chi connectivity index (χ1) is 9.80. The maximum Gasteiger partial charge on any atom is 0.246 e. The molecule has 1 heterocycles. The zero-order chi connectivity index (χ0) is 15.7. The van der Waals surface area contributed by atoms with E-state index in [1.54, 1.807) is 13.8 Å². The first-order valence-corrected chi connectivity index (χ1v) is 8.99. The molecule has 1 atom stereocenters. The highest BCUT2D eigenvalue weighted by Crippen LogP contribution is 2.27. The Labute approximate surface area is 132 Å². The molecule has 1 aromatic carbocycles. The van der Waals surface area contributed by atoms with Crippen LogP contribution in [0.4, 0.5) is 0 Å². The summed E-state index contributed by atoms with van der Waals surface area (Å²) in [7, 11) is -3.73. The number of aromatic nitrogens is 1. The summed E-state index contributed by atoms with van der Waals surface area (Å²) in [5.41, 5.74) is 0.457. The van der Waals surface area contributed by atoms with Crippen molar-refractivity contribution in [2.75, 3.05) is 5.33 Å². The first-order valence-electron chi connectivity index (χ1n) is 6.38. The van der Waals surface area contributed by atoms with E-state index in [1.807, 2.05) is 37.3 Å². The summed E-state index contributed by atoms with van der Waals surface area (Å²) in [6, 6.07) is 9.41. The molecule has 2 aromatic rings. The highest BCUT2D eigenvalue weighted by Gasteiger charge is 2.34. The topological polar surface area (TPSA) is 72.2 Å². The third-order valence-corrected chi connectivity index (χ3v) is 6.24. The van der Waals surface area contributed by atoms with Gasteiger partial charge >= 0.3 is 0 Å². The number of halogens is 1. The normalized spacial score (nSPS) is 14.9. The Hall–Kier alpha value is -1.18. The molecule has 0 spiro atoms. The summed E-state index contributed by atoms with van der Waals surface area (Å²) in [6.45, 7) is 5.02. The Bertz CT molecular complexity index is 708. The highest BCUT2D eigenvalue weighted by molar-refractivity contribution is 9.09. The monoisotopic (exact) mass is 372 g/mol. The number of rotatable bonds is 5. The number of nitrogens with zero attached hydrogens (tertiary/aromatic N) is 1. The second-order valence-corrected chi connectivity index (χ2v) is 7.27. The van der Waals surface area contributed by atoms with Crippen molar-refractivity contribution >= 4 is 26.0 Å². The Morgan fingerprint density at radius 2 is 1.90 bits per heavy atom. The van der Waals surface area contributed by atoms with Crippen molar-refractivity contribution in [1.82, 2.24) is 9.88 Å². The lowest BCUT2D eigenvalue weighted by atomic mass is 9.96. The largest absolute Gasteiger partial charge is 0.360 e. The lowest BCUT2D eigenvalue weighted by Gasteiger charge is -2.29. The van der Waals surface area contributed by atoms with E-state index in [4.69, 9.17) is 4.52 Å². The third-order valence-electron chi connectivity index (χ3n) is 3.27. The van der Waals surface area contributed by atoms with Gasteiger partial charge in [-0.15, -0.1) is 0 Å². The van der Waals surface area contributed by atoms with E-state index < -0.39 is 15.6 Å². The van der Waals surface area contributed by atoms with Crippen LogP contribution in [0, 0.1) is 13.8 Å². The van der Waals surface area contributed by atoms with Gasteiger partial charge in [-0.2, -0.15) is 4.72 Å². The predicted octanol–water partition coefficient (Wildman–Crippen LogP) is 2.88. The smallest absolute Gasteiger partial charge is 0.246 e. The minimum Gasteiger partial charge on any atom is -0.360 e. The number of hydrogen-bond acceptors (Lipinski definition) is 4. The van der Waals surface area contributed by atoms with Crippen LogP contribution in [-0.2, 0) is 15.6 Å². The van der Waals surface area contributed by atoms with Gasteiger partial charge in [0.15, 0.2) is 5.76 Å². The van der Waals surface area contributed by atoms with E-state index in [1.165, 1.54) is 0 Å². The second-order valence-electron chi connectivity index (χ2n) is 5.09. The van der Waals surface area contributed by atoms with Crippen molar-refractivity contribution < 1.29 is 12.9 Å². The molecule has 0 saturated carbocycles. The van der Waals surface area contributed by atoms with Crippen molar-refractivity contribution in [3.8, 4) is 0 Å². The summed E-state index contributed by atoms with van der Waals surface area (Å²) < 4.78 is 33.0. The summed E-state index contributed by atoms with van der Waals surface area (Å²) >= 11 is 3.40. The third kappa shape index (κ3) is 3.20. The standard InChI is InChI=1S/C14H17BrN2O3S/c1-10-13(11(2)20-16-10)21(18,19)17-14(3,9-15)12-7-5-4-6-8-12/h4-8,17H,9H2,1-3H3. The van der Waals surface area contributed by atoms with E-state index >= 15 is 0 Å². The Balaban J connectivity index is 2.43. The molecule has 0 aliphatic rings. The minimum atomic E-state index is -3.73. The number of benzene rings is 1. The zero-order valence-corrected chi connectivity index (χ0v) is 14.5. The average molecular weight is 373 g/mol. The maximum absolute atomic E-state index is 12.7. The molecule has 1 aromatic heterocycles. The van der Waals surface area contributed by atoms with E-state index in [0.29, 0.717) is 11.0 Å². The molecular formula is C14H17BrN2O3S. The fourth-order valence-electron chi connectivity index (χ4n) is 2.18. The van der Waals surface area contributed by atoms with E-state index in [0.717, 1.165) is 5.56 Å². The zero-order valence-electron chi connectivity index (χ0n) is 12.1. The molecule has 1 unspecified atom stereocenters. The van der Waals surface area contributed by atoms with Gasteiger partial charge in [0.2, 0.25) is 10.0 Å². The molecular weight excluding hydrogens is 356 g/mol. The van der Waals surface area contributed by atoms with Gasteiger partial charge in [0.1, 0.15) is 10.6 Å². The van der Waals surface area contributed by atoms with Crippen LogP contribution in [0.1, 0.15) is 23.9 Å². The van der Waals surface area contributed by atoms with Crippen molar-refractivity contribution in [3.63, 3.8) is 0 Å². The molecule has 7 heteroatoms. The second kappa shape index (κ2) is 5.90. The molecule has 0 bridgehead atoms. The molecule has 0 radical (unpaired) electrons. The number of alkyl halides is 1. The van der Waals surface area contributed by atoms with Gasteiger partial charge in [-0.25, -0.2) is 8.42 Å². The molecule has 1 N–H and O–H groups in total. The summed E-state index contributed by atoms with van der Waals surface area (Å²) in [6.07, 6.45) is 0. The summed E-state index contributed by atoms with van der Waals surface area (Å²) in [5, 5.41) is 4.14. The van der Waals surface area contributed by atoms with Crippen LogP contribution in [0.2, 0.25) is 0 Å². The molecule has 2 rings (SSSR count). The molecule has 114 valence electrons. The lowest BCUT2D eigenvalue weighted by molar-refractivity contribution is 0.390. The fraction of sp³-hybridized carbons (Fsp3) is 0.357. The van der Waals surface area contributed by atoms with E-state index in [-0.39, 0.29) is 10.7 Å². The van der Waals surface area contributed by atoms with Gasteiger partial charge < -0.3 is 4.52 Å². The van der Waals surface area contributed by atoms with Crippen LogP contribution in [0.5, 0.6) is 0 Å². The minimum absolute atomic E-state index is 0.102. The van der Waals surface area contributed by atoms with Crippen LogP contribution in [-0.4, -0.2) is 18.9 Å². The quantitative estimate of drug-likeness (QED) is 0.818. The van der Waals surface area contributed by atoms with Gasteiger partial charge in [0.05, 0.1) is 5.54 Å². The van der Waals surface area contributed by atoms with Crippen molar-refractivity contribution in [2.24, 2.45) is 0 Å². The number of aryl methyl sites for hydroxylation is 2. The Morgan fingerprint density at radius 1 is 1.29 bits per heavy atom. The van der Waals surface area contributed by atoms with Gasteiger partial charge in [-0.1, -0.05) is 51.4 Å². The van der Waals surface area contributed by atoms with Crippen LogP contribution in [0.25, 0.3) is 0 Å². The molecule has 21 heavy (non-hydrogen) atoms.